The summed E-state index contributed by atoms with van der Waals surface area (Å²) < 4.78 is 31.8. The van der Waals surface area contributed by atoms with Crippen LogP contribution in [0.1, 0.15) is 25.3 Å². The highest BCUT2D eigenvalue weighted by Gasteiger charge is 2.36. The van der Waals surface area contributed by atoms with Crippen LogP contribution in [0.5, 0.6) is 5.75 Å². The smallest absolute Gasteiger partial charge is 0.250 e. The molecule has 0 spiro atoms. The number of ether oxygens (including phenoxy) is 1. The standard InChI is InChI=1S/C21H26N2O4S/c1-4-19(21(24)22-14-8-10-16-9-5-6-13-20(16)22)23(28(3,25)26)17-11-7-12-18(15-17)27-2/h5-7,9,11-13,15,19H,4,8,10,14H2,1-3H3. The van der Waals surface area contributed by atoms with Gasteiger partial charge >= 0.3 is 0 Å². The van der Waals surface area contributed by atoms with E-state index in [9.17, 15) is 13.2 Å². The van der Waals surface area contributed by atoms with Crippen LogP contribution in [0, 0.1) is 0 Å². The van der Waals surface area contributed by atoms with Gasteiger partial charge in [0.2, 0.25) is 10.0 Å². The fourth-order valence-electron chi connectivity index (χ4n) is 3.73. The van der Waals surface area contributed by atoms with Crippen molar-refractivity contribution in [3.05, 3.63) is 54.1 Å². The Balaban J connectivity index is 2.03. The summed E-state index contributed by atoms with van der Waals surface area (Å²) in [6, 6.07) is 13.8. The van der Waals surface area contributed by atoms with Crippen molar-refractivity contribution in [2.45, 2.75) is 32.2 Å². The molecule has 3 rings (SSSR count). The molecule has 0 N–H and O–H groups in total. The zero-order valence-electron chi connectivity index (χ0n) is 16.5. The number of benzene rings is 2. The van der Waals surface area contributed by atoms with Crippen molar-refractivity contribution in [3.8, 4) is 5.75 Å². The number of nitrogens with zero attached hydrogens (tertiary/aromatic N) is 2. The van der Waals surface area contributed by atoms with Crippen LogP contribution in [-0.2, 0) is 21.2 Å². The van der Waals surface area contributed by atoms with E-state index in [0.717, 1.165) is 30.3 Å². The summed E-state index contributed by atoms with van der Waals surface area (Å²) in [5.41, 5.74) is 2.41. The van der Waals surface area contributed by atoms with Gasteiger partial charge in [-0.05, 0) is 43.0 Å². The summed E-state index contributed by atoms with van der Waals surface area (Å²) in [5, 5.41) is 0. The molecule has 1 unspecified atom stereocenters. The van der Waals surface area contributed by atoms with Crippen LogP contribution in [0.15, 0.2) is 48.5 Å². The molecule has 1 heterocycles. The Morgan fingerprint density at radius 3 is 2.64 bits per heavy atom. The van der Waals surface area contributed by atoms with Crippen molar-refractivity contribution in [1.29, 1.82) is 0 Å². The van der Waals surface area contributed by atoms with E-state index >= 15 is 0 Å². The Hall–Kier alpha value is -2.54. The molecule has 150 valence electrons. The van der Waals surface area contributed by atoms with Crippen LogP contribution in [0.2, 0.25) is 0 Å². The number of amides is 1. The first-order chi connectivity index (χ1) is 13.4. The summed E-state index contributed by atoms with van der Waals surface area (Å²) in [4.78, 5) is 15.2. The Morgan fingerprint density at radius 1 is 1.21 bits per heavy atom. The number of hydrogen-bond acceptors (Lipinski definition) is 4. The maximum absolute atomic E-state index is 13.5. The Bertz CT molecular complexity index is 958. The first kappa shape index (κ1) is 20.2. The maximum Gasteiger partial charge on any atom is 0.250 e. The maximum atomic E-state index is 13.5. The Labute approximate surface area is 166 Å². The predicted molar refractivity (Wildman–Crippen MR) is 112 cm³/mol. The monoisotopic (exact) mass is 402 g/mol. The summed E-state index contributed by atoms with van der Waals surface area (Å²) >= 11 is 0. The number of hydrogen-bond donors (Lipinski definition) is 0. The molecule has 0 aliphatic carbocycles. The zero-order valence-corrected chi connectivity index (χ0v) is 17.3. The van der Waals surface area contributed by atoms with Crippen molar-refractivity contribution in [1.82, 2.24) is 0 Å². The second-order valence-corrected chi connectivity index (χ2v) is 8.77. The summed E-state index contributed by atoms with van der Waals surface area (Å²) in [7, 11) is -2.16. The van der Waals surface area contributed by atoms with Crippen LogP contribution in [0.4, 0.5) is 11.4 Å². The van der Waals surface area contributed by atoms with Crippen molar-refractivity contribution >= 4 is 27.3 Å². The number of para-hydroxylation sites is 1. The highest BCUT2D eigenvalue weighted by atomic mass is 32.2. The molecule has 1 aliphatic heterocycles. The van der Waals surface area contributed by atoms with Gasteiger partial charge in [-0.1, -0.05) is 31.2 Å². The molecule has 0 bridgehead atoms. The van der Waals surface area contributed by atoms with E-state index in [1.165, 1.54) is 11.4 Å². The first-order valence-electron chi connectivity index (χ1n) is 9.39. The van der Waals surface area contributed by atoms with E-state index in [0.29, 0.717) is 24.4 Å². The SMILES string of the molecule is CCC(C(=O)N1CCCc2ccccc21)N(c1cccc(OC)c1)S(C)(=O)=O. The lowest BCUT2D eigenvalue weighted by molar-refractivity contribution is -0.119. The van der Waals surface area contributed by atoms with E-state index in [4.69, 9.17) is 4.74 Å². The number of rotatable bonds is 6. The van der Waals surface area contributed by atoms with Gasteiger partial charge in [-0.15, -0.1) is 0 Å². The molecule has 0 saturated heterocycles. The fraction of sp³-hybridized carbons (Fsp3) is 0.381. The fourth-order valence-corrected chi connectivity index (χ4v) is 4.93. The molecule has 1 atom stereocenters. The second kappa shape index (κ2) is 8.22. The molecule has 7 heteroatoms. The van der Waals surface area contributed by atoms with Crippen LogP contribution in [-0.4, -0.2) is 40.3 Å². The minimum Gasteiger partial charge on any atom is -0.497 e. The van der Waals surface area contributed by atoms with Crippen LogP contribution in [0.25, 0.3) is 0 Å². The third-order valence-corrected chi connectivity index (χ3v) is 6.18. The van der Waals surface area contributed by atoms with Gasteiger partial charge in [-0.3, -0.25) is 9.10 Å². The quantitative estimate of drug-likeness (QED) is 0.744. The number of sulfonamides is 1. The Morgan fingerprint density at radius 2 is 1.96 bits per heavy atom. The first-order valence-corrected chi connectivity index (χ1v) is 11.2. The summed E-state index contributed by atoms with van der Waals surface area (Å²) in [6.45, 7) is 2.42. The van der Waals surface area contributed by atoms with E-state index in [2.05, 4.69) is 0 Å². The van der Waals surface area contributed by atoms with Gasteiger partial charge in [-0.25, -0.2) is 8.42 Å². The second-order valence-electron chi connectivity index (χ2n) is 6.91. The molecule has 2 aromatic carbocycles. The number of carbonyl (C=O) groups excluding carboxylic acids is 1. The van der Waals surface area contributed by atoms with Gasteiger partial charge in [0.05, 0.1) is 19.1 Å². The number of aryl methyl sites for hydroxylation is 1. The molecule has 0 fully saturated rings. The lowest BCUT2D eigenvalue weighted by atomic mass is 10.0. The van der Waals surface area contributed by atoms with Gasteiger partial charge in [0.25, 0.3) is 5.91 Å². The molecular weight excluding hydrogens is 376 g/mol. The van der Waals surface area contributed by atoms with Crippen molar-refractivity contribution in [2.24, 2.45) is 0 Å². The summed E-state index contributed by atoms with van der Waals surface area (Å²) in [5.74, 6) is 0.333. The molecule has 2 aromatic rings. The van der Waals surface area contributed by atoms with Gasteiger partial charge in [0.1, 0.15) is 11.8 Å². The van der Waals surface area contributed by atoms with Crippen molar-refractivity contribution in [3.63, 3.8) is 0 Å². The average Bonchev–Trinajstić information content (AvgIpc) is 2.70. The van der Waals surface area contributed by atoms with Crippen LogP contribution < -0.4 is 13.9 Å². The van der Waals surface area contributed by atoms with E-state index < -0.39 is 16.1 Å². The zero-order chi connectivity index (χ0) is 20.3. The van der Waals surface area contributed by atoms with Crippen LogP contribution in [0.3, 0.4) is 0 Å². The molecule has 6 nitrogen and oxygen atoms in total. The predicted octanol–water partition coefficient (Wildman–Crippen LogP) is 3.22. The molecule has 1 aliphatic rings. The van der Waals surface area contributed by atoms with Gasteiger partial charge in [0, 0.05) is 18.3 Å². The normalized spacial score (nSPS) is 14.9. The Kier molecular flexibility index (Phi) is 5.93. The number of carbonyl (C=O) groups is 1. The van der Waals surface area contributed by atoms with E-state index in [1.54, 1.807) is 29.2 Å². The highest BCUT2D eigenvalue weighted by molar-refractivity contribution is 7.92. The molecule has 1 amide bonds. The minimum atomic E-state index is -3.69. The van der Waals surface area contributed by atoms with Gasteiger partial charge < -0.3 is 9.64 Å². The topological polar surface area (TPSA) is 66.9 Å². The average molecular weight is 403 g/mol. The third kappa shape index (κ3) is 3.99. The highest BCUT2D eigenvalue weighted by Crippen LogP contribution is 2.31. The van der Waals surface area contributed by atoms with E-state index in [-0.39, 0.29) is 5.91 Å². The molecule has 0 saturated carbocycles. The van der Waals surface area contributed by atoms with Gasteiger partial charge in [0.15, 0.2) is 0 Å². The number of anilines is 2. The molecule has 0 aromatic heterocycles. The molecular formula is C21H26N2O4S. The van der Waals surface area contributed by atoms with Crippen LogP contribution >= 0.6 is 0 Å². The van der Waals surface area contributed by atoms with Crippen molar-refractivity contribution in [2.75, 3.05) is 29.1 Å². The number of fused-ring (bicyclic) bond motifs is 1. The lowest BCUT2D eigenvalue weighted by Gasteiger charge is -2.36. The largest absolute Gasteiger partial charge is 0.497 e. The summed E-state index contributed by atoms with van der Waals surface area (Å²) in [6.07, 6.45) is 3.27. The molecule has 0 radical (unpaired) electrons. The number of methoxy groups -OCH3 is 1. The lowest BCUT2D eigenvalue weighted by Crippen LogP contribution is -2.52. The van der Waals surface area contributed by atoms with Crippen molar-refractivity contribution < 1.29 is 17.9 Å². The molecule has 28 heavy (non-hydrogen) atoms. The third-order valence-electron chi connectivity index (χ3n) is 5.00. The minimum absolute atomic E-state index is 0.206. The van der Waals surface area contributed by atoms with Gasteiger partial charge in [-0.2, -0.15) is 0 Å². The van der Waals surface area contributed by atoms with E-state index in [1.807, 2.05) is 31.2 Å².